The molecule has 0 atom stereocenters. The molecule has 2 aliphatic rings. The summed E-state index contributed by atoms with van der Waals surface area (Å²) in [6, 6.07) is 8.85. The van der Waals surface area contributed by atoms with E-state index in [1.54, 1.807) is 5.31 Å². The molecule has 1 fully saturated rings. The summed E-state index contributed by atoms with van der Waals surface area (Å²) in [6.45, 7) is 0. The fraction of sp³-hybridized carbons (Fsp3) is 0.467. The van der Waals surface area contributed by atoms with E-state index in [4.69, 9.17) is 0 Å². The molecule has 83 valence electrons. The first-order valence-corrected chi connectivity index (χ1v) is 7.35. The van der Waals surface area contributed by atoms with Gasteiger partial charge in [-0.15, -0.1) is 0 Å². The number of hydrogen-bond acceptors (Lipinski definition) is 0. The van der Waals surface area contributed by atoms with Gasteiger partial charge in [0.2, 0.25) is 0 Å². The van der Waals surface area contributed by atoms with Crippen LogP contribution in [0, 0.1) is 5.92 Å². The normalized spacial score (nSPS) is 22.9. The molecular formula is C15H18P. The topological polar surface area (TPSA) is 0 Å². The van der Waals surface area contributed by atoms with Gasteiger partial charge < -0.3 is 0 Å². The minimum Gasteiger partial charge on any atom is -0.0616 e. The van der Waals surface area contributed by atoms with Crippen molar-refractivity contribution in [3.63, 3.8) is 0 Å². The molecular weight excluding hydrogens is 211 g/mol. The molecule has 0 amide bonds. The molecule has 0 unspecified atom stereocenters. The van der Waals surface area contributed by atoms with Crippen molar-refractivity contribution in [1.82, 2.24) is 0 Å². The van der Waals surface area contributed by atoms with Crippen LogP contribution in [0.2, 0.25) is 0 Å². The quantitative estimate of drug-likeness (QED) is 0.488. The maximum Gasteiger partial charge on any atom is -0.00768 e. The predicted molar refractivity (Wildman–Crippen MR) is 72.2 cm³/mol. The van der Waals surface area contributed by atoms with E-state index >= 15 is 0 Å². The van der Waals surface area contributed by atoms with E-state index in [0.29, 0.717) is 0 Å². The molecule has 1 saturated carbocycles. The van der Waals surface area contributed by atoms with Gasteiger partial charge in [-0.3, -0.25) is 0 Å². The third-order valence-electron chi connectivity index (χ3n) is 3.76. The summed E-state index contributed by atoms with van der Waals surface area (Å²) in [7, 11) is 1.49. The summed E-state index contributed by atoms with van der Waals surface area (Å²) in [5, 5.41) is 3.20. The van der Waals surface area contributed by atoms with Gasteiger partial charge in [0.25, 0.3) is 0 Å². The van der Waals surface area contributed by atoms with Gasteiger partial charge >= 0.3 is 0 Å². The Morgan fingerprint density at radius 1 is 0.938 bits per heavy atom. The van der Waals surface area contributed by atoms with Crippen LogP contribution >= 0.6 is 8.58 Å². The Morgan fingerprint density at radius 2 is 1.69 bits per heavy atom. The van der Waals surface area contributed by atoms with Crippen molar-refractivity contribution in [2.75, 3.05) is 0 Å². The van der Waals surface area contributed by atoms with Crippen LogP contribution in [0.25, 0.3) is 6.08 Å². The van der Waals surface area contributed by atoms with Gasteiger partial charge in [-0.2, -0.15) is 0 Å². The first-order chi connectivity index (χ1) is 7.93. The predicted octanol–water partition coefficient (Wildman–Crippen LogP) is 4.58. The van der Waals surface area contributed by atoms with E-state index in [1.807, 2.05) is 0 Å². The number of fused-ring (bicyclic) bond motifs is 1. The molecule has 0 N–H and O–H groups in total. The van der Waals surface area contributed by atoms with Gasteiger partial charge in [-0.25, -0.2) is 0 Å². The average molecular weight is 229 g/mol. The largest absolute Gasteiger partial charge is 0.0616 e. The molecule has 3 rings (SSSR count). The first kappa shape index (κ1) is 10.5. The van der Waals surface area contributed by atoms with E-state index in [0.717, 1.165) is 5.92 Å². The lowest BCUT2D eigenvalue weighted by atomic mass is 9.98. The Kier molecular flexibility index (Phi) is 3.11. The molecule has 1 aromatic carbocycles. The van der Waals surface area contributed by atoms with Gasteiger partial charge in [-0.1, -0.05) is 49.9 Å². The van der Waals surface area contributed by atoms with Crippen LogP contribution in [-0.4, -0.2) is 0 Å². The monoisotopic (exact) mass is 229 g/mol. The van der Waals surface area contributed by atoms with Crippen LogP contribution < -0.4 is 5.30 Å². The number of benzene rings is 1. The molecule has 0 spiro atoms. The van der Waals surface area contributed by atoms with Crippen LogP contribution in [0.3, 0.4) is 0 Å². The van der Waals surface area contributed by atoms with Gasteiger partial charge in [-0.05, 0) is 49.6 Å². The van der Waals surface area contributed by atoms with Crippen molar-refractivity contribution in [3.8, 4) is 0 Å². The number of rotatable bonds is 1. The second kappa shape index (κ2) is 4.72. The Bertz CT molecular complexity index is 398. The summed E-state index contributed by atoms with van der Waals surface area (Å²) >= 11 is 0. The highest BCUT2D eigenvalue weighted by molar-refractivity contribution is 7.53. The van der Waals surface area contributed by atoms with Crippen molar-refractivity contribution in [3.05, 3.63) is 35.1 Å². The molecule has 0 bridgehead atoms. The summed E-state index contributed by atoms with van der Waals surface area (Å²) in [5.41, 5.74) is 1.46. The van der Waals surface area contributed by atoms with Crippen molar-refractivity contribution in [2.24, 2.45) is 5.92 Å². The van der Waals surface area contributed by atoms with Crippen LogP contribution in [0.15, 0.2) is 29.6 Å². The molecule has 0 saturated heterocycles. The smallest absolute Gasteiger partial charge is 0.00768 e. The number of hydrogen-bond donors (Lipinski definition) is 0. The second-order valence-electron chi connectivity index (χ2n) is 4.93. The van der Waals surface area contributed by atoms with Crippen molar-refractivity contribution in [2.45, 2.75) is 38.5 Å². The van der Waals surface area contributed by atoms with Crippen LogP contribution in [0.1, 0.15) is 44.1 Å². The van der Waals surface area contributed by atoms with Gasteiger partial charge in [0, 0.05) is 0 Å². The lowest BCUT2D eigenvalue weighted by Gasteiger charge is -2.14. The lowest BCUT2D eigenvalue weighted by Crippen LogP contribution is -1.99. The highest BCUT2D eigenvalue weighted by Gasteiger charge is 2.21. The van der Waals surface area contributed by atoms with Gasteiger partial charge in [0.15, 0.2) is 0 Å². The molecule has 1 radical (unpaired) electrons. The first-order valence-electron chi connectivity index (χ1n) is 6.46. The molecule has 0 aromatic heterocycles. The van der Waals surface area contributed by atoms with E-state index in [-0.39, 0.29) is 0 Å². The zero-order valence-corrected chi connectivity index (χ0v) is 10.5. The van der Waals surface area contributed by atoms with Crippen molar-refractivity contribution >= 4 is 20.0 Å². The molecule has 0 nitrogen and oxygen atoms in total. The standard InChI is InChI=1S/C15H18P/c1-2-4-8-12(7-3-1)15-11-13-9-5-6-10-14(13)16-15/h5-6,9-12H,1-4,7-8H2. The van der Waals surface area contributed by atoms with Crippen molar-refractivity contribution < 1.29 is 0 Å². The van der Waals surface area contributed by atoms with E-state index < -0.39 is 0 Å². The SMILES string of the molecule is C1=C(C2CCCCCC2)[P]c2ccccc21. The summed E-state index contributed by atoms with van der Waals surface area (Å²) in [5.74, 6) is 0.872. The highest BCUT2D eigenvalue weighted by Crippen LogP contribution is 2.43. The fourth-order valence-electron chi connectivity index (χ4n) is 2.83. The second-order valence-corrected chi connectivity index (χ2v) is 6.15. The Morgan fingerprint density at radius 3 is 2.44 bits per heavy atom. The Balaban J connectivity index is 1.78. The third kappa shape index (κ3) is 2.09. The minimum atomic E-state index is 0.872. The Hall–Kier alpha value is -0.610. The average Bonchev–Trinajstić information content (AvgIpc) is 2.56. The minimum absolute atomic E-state index is 0.872. The Labute approximate surface area is 99.9 Å². The van der Waals surface area contributed by atoms with Gasteiger partial charge in [0.1, 0.15) is 0 Å². The highest BCUT2D eigenvalue weighted by atomic mass is 31.1. The molecule has 1 heteroatoms. The van der Waals surface area contributed by atoms with Crippen LogP contribution in [-0.2, 0) is 0 Å². The maximum atomic E-state index is 2.45. The lowest BCUT2D eigenvalue weighted by molar-refractivity contribution is 0.553. The van der Waals surface area contributed by atoms with Crippen LogP contribution in [0.4, 0.5) is 0 Å². The van der Waals surface area contributed by atoms with Gasteiger partial charge in [0.05, 0.1) is 0 Å². The fourth-order valence-corrected chi connectivity index (χ4v) is 4.18. The van der Waals surface area contributed by atoms with Crippen molar-refractivity contribution in [1.29, 1.82) is 0 Å². The summed E-state index contributed by atoms with van der Waals surface area (Å²) in [4.78, 5) is 0. The zero-order valence-electron chi connectivity index (χ0n) is 9.65. The summed E-state index contributed by atoms with van der Waals surface area (Å²) < 4.78 is 0. The molecule has 16 heavy (non-hydrogen) atoms. The summed E-state index contributed by atoms with van der Waals surface area (Å²) in [6.07, 6.45) is 11.1. The molecule has 1 aliphatic carbocycles. The van der Waals surface area contributed by atoms with Crippen LogP contribution in [0.5, 0.6) is 0 Å². The third-order valence-corrected chi connectivity index (χ3v) is 5.16. The van der Waals surface area contributed by atoms with E-state index in [2.05, 4.69) is 30.3 Å². The molecule has 1 heterocycles. The number of allylic oxidation sites excluding steroid dienone is 1. The van der Waals surface area contributed by atoms with E-state index in [9.17, 15) is 0 Å². The molecule has 1 aromatic rings. The molecule has 1 aliphatic heterocycles. The maximum absolute atomic E-state index is 2.45. The zero-order chi connectivity index (χ0) is 10.8. The van der Waals surface area contributed by atoms with E-state index in [1.165, 1.54) is 58.0 Å².